The number of aromatic amines is 1. The van der Waals surface area contributed by atoms with Crippen molar-refractivity contribution in [1.29, 1.82) is 0 Å². The second kappa shape index (κ2) is 4.23. The molecule has 0 atom stereocenters. The van der Waals surface area contributed by atoms with E-state index in [4.69, 9.17) is 17.3 Å². The van der Waals surface area contributed by atoms with Gasteiger partial charge in [-0.3, -0.25) is 0 Å². The molecule has 78 valence electrons. The van der Waals surface area contributed by atoms with Crippen LogP contribution in [0.5, 0.6) is 0 Å². The van der Waals surface area contributed by atoms with Crippen LogP contribution in [0.2, 0.25) is 5.02 Å². The first-order valence-corrected chi connectivity index (χ1v) is 4.90. The molecule has 0 fully saturated rings. The van der Waals surface area contributed by atoms with Crippen LogP contribution in [0.15, 0.2) is 30.6 Å². The van der Waals surface area contributed by atoms with Crippen molar-refractivity contribution in [2.24, 2.45) is 0 Å². The number of anilines is 2. The Morgan fingerprint density at radius 2 is 2.33 bits per heavy atom. The molecule has 0 bridgehead atoms. The molecule has 0 aliphatic carbocycles. The molecule has 5 heteroatoms. The van der Waals surface area contributed by atoms with E-state index < -0.39 is 0 Å². The average Bonchev–Trinajstić information content (AvgIpc) is 2.72. The molecule has 0 amide bonds. The van der Waals surface area contributed by atoms with E-state index in [0.29, 0.717) is 17.3 Å². The van der Waals surface area contributed by atoms with Gasteiger partial charge in [-0.25, -0.2) is 4.98 Å². The first-order chi connectivity index (χ1) is 7.25. The molecule has 1 aromatic heterocycles. The van der Waals surface area contributed by atoms with Crippen molar-refractivity contribution >= 4 is 23.0 Å². The number of imidazole rings is 1. The highest BCUT2D eigenvalue weighted by Crippen LogP contribution is 2.22. The van der Waals surface area contributed by atoms with Crippen LogP contribution in [0.4, 0.5) is 11.4 Å². The van der Waals surface area contributed by atoms with Crippen LogP contribution >= 0.6 is 11.6 Å². The molecule has 0 aliphatic rings. The number of hydrogen-bond acceptors (Lipinski definition) is 3. The van der Waals surface area contributed by atoms with Gasteiger partial charge in [0.05, 0.1) is 17.9 Å². The van der Waals surface area contributed by atoms with E-state index in [9.17, 15) is 0 Å². The Kier molecular flexibility index (Phi) is 2.78. The van der Waals surface area contributed by atoms with Crippen molar-refractivity contribution in [3.05, 3.63) is 41.4 Å². The lowest BCUT2D eigenvalue weighted by atomic mass is 10.2. The summed E-state index contributed by atoms with van der Waals surface area (Å²) in [5.41, 5.74) is 7.27. The minimum atomic E-state index is 0.595. The number of nitrogens with two attached hydrogens (primary N) is 1. The SMILES string of the molecule is Nc1ccc(Cl)cc1NCc1ncc[nH]1. The third-order valence-corrected chi connectivity index (χ3v) is 2.25. The zero-order valence-electron chi connectivity index (χ0n) is 8.00. The van der Waals surface area contributed by atoms with Gasteiger partial charge >= 0.3 is 0 Å². The highest BCUT2D eigenvalue weighted by Gasteiger charge is 2.00. The van der Waals surface area contributed by atoms with Crippen LogP contribution in [0.1, 0.15) is 5.82 Å². The fourth-order valence-electron chi connectivity index (χ4n) is 1.26. The van der Waals surface area contributed by atoms with Gasteiger partial charge in [0, 0.05) is 17.4 Å². The summed E-state index contributed by atoms with van der Waals surface area (Å²) in [7, 11) is 0. The van der Waals surface area contributed by atoms with Gasteiger partial charge in [0.15, 0.2) is 0 Å². The third kappa shape index (κ3) is 2.41. The summed E-state index contributed by atoms with van der Waals surface area (Å²) >= 11 is 5.86. The Morgan fingerprint density at radius 1 is 1.47 bits per heavy atom. The Labute approximate surface area is 92.5 Å². The fraction of sp³-hybridized carbons (Fsp3) is 0.100. The van der Waals surface area contributed by atoms with Crippen molar-refractivity contribution in [2.75, 3.05) is 11.1 Å². The number of halogens is 1. The van der Waals surface area contributed by atoms with Gasteiger partial charge in [0.2, 0.25) is 0 Å². The van der Waals surface area contributed by atoms with E-state index in [0.717, 1.165) is 11.5 Å². The Hall–Kier alpha value is -1.68. The number of H-pyrrole nitrogens is 1. The molecule has 1 heterocycles. The maximum absolute atomic E-state index is 5.86. The summed E-state index contributed by atoms with van der Waals surface area (Å²) in [5.74, 6) is 0.856. The van der Waals surface area contributed by atoms with Crippen LogP contribution in [-0.2, 0) is 6.54 Å². The van der Waals surface area contributed by atoms with E-state index in [1.165, 1.54) is 0 Å². The highest BCUT2D eigenvalue weighted by molar-refractivity contribution is 6.31. The van der Waals surface area contributed by atoms with E-state index in [-0.39, 0.29) is 0 Å². The molecule has 0 saturated carbocycles. The number of hydrogen-bond donors (Lipinski definition) is 3. The lowest BCUT2D eigenvalue weighted by molar-refractivity contribution is 1.00. The molecule has 0 unspecified atom stereocenters. The van der Waals surface area contributed by atoms with E-state index in [2.05, 4.69) is 15.3 Å². The number of nitrogen functional groups attached to an aromatic ring is 1. The molecule has 1 aromatic carbocycles. The second-order valence-corrected chi connectivity index (χ2v) is 3.56. The lowest BCUT2D eigenvalue weighted by Crippen LogP contribution is -2.03. The Balaban J connectivity index is 2.07. The minimum absolute atomic E-state index is 0.595. The Morgan fingerprint density at radius 3 is 3.07 bits per heavy atom. The molecule has 2 aromatic rings. The fourth-order valence-corrected chi connectivity index (χ4v) is 1.43. The van der Waals surface area contributed by atoms with E-state index in [1.54, 1.807) is 30.6 Å². The van der Waals surface area contributed by atoms with Crippen molar-refractivity contribution in [2.45, 2.75) is 6.54 Å². The molecule has 15 heavy (non-hydrogen) atoms. The number of nitrogens with zero attached hydrogens (tertiary/aromatic N) is 1. The van der Waals surface area contributed by atoms with Gasteiger partial charge in [0.1, 0.15) is 5.82 Å². The number of rotatable bonds is 3. The minimum Gasteiger partial charge on any atom is -0.397 e. The van der Waals surface area contributed by atoms with Gasteiger partial charge < -0.3 is 16.0 Å². The third-order valence-electron chi connectivity index (χ3n) is 2.02. The predicted octanol–water partition coefficient (Wildman–Crippen LogP) is 2.26. The first-order valence-electron chi connectivity index (χ1n) is 4.53. The standard InChI is InChI=1S/C10H11ClN4/c11-7-1-2-8(12)9(5-7)15-6-10-13-3-4-14-10/h1-5,15H,6,12H2,(H,13,14). The van der Waals surface area contributed by atoms with Gasteiger partial charge in [0.25, 0.3) is 0 Å². The van der Waals surface area contributed by atoms with Crippen molar-refractivity contribution in [3.8, 4) is 0 Å². The molecule has 0 spiro atoms. The van der Waals surface area contributed by atoms with Gasteiger partial charge in [-0.2, -0.15) is 0 Å². The second-order valence-electron chi connectivity index (χ2n) is 3.12. The van der Waals surface area contributed by atoms with Crippen LogP contribution in [0, 0.1) is 0 Å². The first kappa shape index (κ1) is 9.86. The Bertz CT molecular complexity index is 439. The largest absolute Gasteiger partial charge is 0.397 e. The maximum atomic E-state index is 5.86. The van der Waals surface area contributed by atoms with Gasteiger partial charge in [-0.15, -0.1) is 0 Å². The summed E-state index contributed by atoms with van der Waals surface area (Å²) in [6.45, 7) is 0.595. The van der Waals surface area contributed by atoms with Gasteiger partial charge in [-0.1, -0.05) is 11.6 Å². The average molecular weight is 223 g/mol. The number of aromatic nitrogens is 2. The van der Waals surface area contributed by atoms with Crippen LogP contribution in [-0.4, -0.2) is 9.97 Å². The van der Waals surface area contributed by atoms with Crippen LogP contribution in [0.3, 0.4) is 0 Å². The van der Waals surface area contributed by atoms with Crippen LogP contribution < -0.4 is 11.1 Å². The molecule has 4 nitrogen and oxygen atoms in total. The predicted molar refractivity (Wildman–Crippen MR) is 61.8 cm³/mol. The zero-order chi connectivity index (χ0) is 10.7. The van der Waals surface area contributed by atoms with Crippen LogP contribution in [0.25, 0.3) is 0 Å². The van der Waals surface area contributed by atoms with Crippen molar-refractivity contribution in [3.63, 3.8) is 0 Å². The summed E-state index contributed by atoms with van der Waals surface area (Å²) in [4.78, 5) is 7.09. The summed E-state index contributed by atoms with van der Waals surface area (Å²) in [6, 6.07) is 5.32. The molecule has 2 rings (SSSR count). The topological polar surface area (TPSA) is 66.7 Å². The monoisotopic (exact) mass is 222 g/mol. The molecule has 0 aliphatic heterocycles. The number of nitrogens with one attached hydrogen (secondary N) is 2. The van der Waals surface area contributed by atoms with Gasteiger partial charge in [-0.05, 0) is 18.2 Å². The van der Waals surface area contributed by atoms with E-state index in [1.807, 2.05) is 0 Å². The van der Waals surface area contributed by atoms with Crippen molar-refractivity contribution < 1.29 is 0 Å². The van der Waals surface area contributed by atoms with Crippen molar-refractivity contribution in [1.82, 2.24) is 9.97 Å². The molecule has 4 N–H and O–H groups in total. The maximum Gasteiger partial charge on any atom is 0.125 e. The summed E-state index contributed by atoms with van der Waals surface area (Å²) < 4.78 is 0. The summed E-state index contributed by atoms with van der Waals surface area (Å²) in [5, 5.41) is 3.81. The quantitative estimate of drug-likeness (QED) is 0.698. The molecular formula is C10H11ClN4. The normalized spacial score (nSPS) is 10.2. The lowest BCUT2D eigenvalue weighted by Gasteiger charge is -2.07. The summed E-state index contributed by atoms with van der Waals surface area (Å²) in [6.07, 6.45) is 3.48. The molecule has 0 saturated heterocycles. The highest BCUT2D eigenvalue weighted by atomic mass is 35.5. The molecular weight excluding hydrogens is 212 g/mol. The number of benzene rings is 1. The zero-order valence-corrected chi connectivity index (χ0v) is 8.75. The van der Waals surface area contributed by atoms with E-state index >= 15 is 0 Å². The smallest absolute Gasteiger partial charge is 0.125 e. The molecule has 0 radical (unpaired) electrons.